The highest BCUT2D eigenvalue weighted by Crippen LogP contribution is 2.13. The topological polar surface area (TPSA) is 183 Å². The number of hydrogen-bond acceptors (Lipinski definition) is 8. The smallest absolute Gasteiger partial charge is 0.243 e. The van der Waals surface area contributed by atoms with Gasteiger partial charge >= 0.3 is 0 Å². The molecule has 268 valence electrons. The number of aliphatic hydroxyl groups excluding tert-OH is 1. The number of phenols is 1. The van der Waals surface area contributed by atoms with E-state index >= 15 is 0 Å². The van der Waals surface area contributed by atoms with E-state index < -0.39 is 53.8 Å². The Morgan fingerprint density at radius 1 is 0.529 bits per heavy atom. The van der Waals surface area contributed by atoms with Gasteiger partial charge in [-0.3, -0.25) is 19.2 Å². The van der Waals surface area contributed by atoms with Crippen molar-refractivity contribution in [2.24, 2.45) is 5.73 Å². The molecule has 5 atom stereocenters. The molecule has 0 aliphatic carbocycles. The Hall–Kier alpha value is -5.17. The number of aromatic hydroxyl groups is 1. The summed E-state index contributed by atoms with van der Waals surface area (Å²) in [6.07, 6.45) is 0.656. The molecule has 8 N–H and O–H groups in total. The van der Waals surface area contributed by atoms with Crippen molar-refractivity contribution in [3.8, 4) is 5.75 Å². The monoisotopic (exact) mass is 711 g/mol. The van der Waals surface area contributed by atoms with Crippen LogP contribution in [0.25, 0.3) is 0 Å². The molecular weight excluding hydrogens is 667 g/mol. The molecule has 0 radical (unpaired) electrons. The fourth-order valence-corrected chi connectivity index (χ4v) is 5.63. The molecule has 51 heavy (non-hydrogen) atoms. The zero-order valence-corrected chi connectivity index (χ0v) is 29.0. The van der Waals surface area contributed by atoms with Crippen LogP contribution < -0.4 is 27.0 Å². The Balaban J connectivity index is 1.58. The first-order chi connectivity index (χ1) is 24.6. The Morgan fingerprint density at radius 2 is 0.882 bits per heavy atom. The van der Waals surface area contributed by atoms with Crippen LogP contribution >= 0.6 is 12.6 Å². The van der Waals surface area contributed by atoms with Gasteiger partial charge in [-0.2, -0.15) is 12.6 Å². The third-order valence-electron chi connectivity index (χ3n) is 8.27. The second kappa shape index (κ2) is 19.9. The highest BCUT2D eigenvalue weighted by molar-refractivity contribution is 7.80. The fraction of sp³-hybridized carbons (Fsp3) is 0.282. The summed E-state index contributed by atoms with van der Waals surface area (Å²) in [5, 5.41) is 31.0. The minimum Gasteiger partial charge on any atom is -0.508 e. The Bertz CT molecular complexity index is 1700. The van der Waals surface area contributed by atoms with Crippen molar-refractivity contribution in [1.29, 1.82) is 0 Å². The summed E-state index contributed by atoms with van der Waals surface area (Å²) in [6, 6.07) is 29.0. The lowest BCUT2D eigenvalue weighted by atomic mass is 10.0. The number of carbonyl (C=O) groups excluding carboxylic acids is 4. The van der Waals surface area contributed by atoms with E-state index in [4.69, 9.17) is 5.73 Å². The van der Waals surface area contributed by atoms with Gasteiger partial charge < -0.3 is 37.2 Å². The van der Waals surface area contributed by atoms with E-state index in [0.717, 1.165) is 22.3 Å². The van der Waals surface area contributed by atoms with Gasteiger partial charge in [0.25, 0.3) is 0 Å². The fourth-order valence-electron chi connectivity index (χ4n) is 5.46. The van der Waals surface area contributed by atoms with Gasteiger partial charge in [0, 0.05) is 25.0 Å². The molecule has 4 amide bonds. The number of benzene rings is 4. The second-order valence-corrected chi connectivity index (χ2v) is 12.7. The number of hydrogen-bond donors (Lipinski definition) is 8. The van der Waals surface area contributed by atoms with Gasteiger partial charge in [-0.05, 0) is 40.8 Å². The summed E-state index contributed by atoms with van der Waals surface area (Å²) in [5.41, 5.74) is 9.02. The zero-order valence-electron chi connectivity index (χ0n) is 28.2. The number of aliphatic hydroxyl groups is 1. The SMILES string of the molecule is N[C@@H](CS)C(=O)N[C@@H](Cc1ccccc1)C(=O)N[C@@H](Cc1ccccc1)C(=O)N[C@@H](Cc1ccccc1)C(=O)N[C@H](CO)Cc1ccc(O)cc1. The van der Waals surface area contributed by atoms with Gasteiger partial charge in [-0.15, -0.1) is 0 Å². The van der Waals surface area contributed by atoms with E-state index in [1.165, 1.54) is 12.1 Å². The lowest BCUT2D eigenvalue weighted by molar-refractivity contribution is -0.134. The molecule has 0 heterocycles. The van der Waals surface area contributed by atoms with E-state index in [9.17, 15) is 29.4 Å². The predicted octanol–water partition coefficient (Wildman–Crippen LogP) is 1.85. The third-order valence-corrected chi connectivity index (χ3v) is 8.66. The molecule has 4 rings (SSSR count). The summed E-state index contributed by atoms with van der Waals surface area (Å²) in [4.78, 5) is 54.6. The number of nitrogens with one attached hydrogen (secondary N) is 4. The maximum atomic E-state index is 14.1. The quantitative estimate of drug-likeness (QED) is 0.0725. The van der Waals surface area contributed by atoms with E-state index in [2.05, 4.69) is 33.9 Å². The summed E-state index contributed by atoms with van der Waals surface area (Å²) in [6.45, 7) is -0.364. The molecule has 0 aromatic heterocycles. The Kier molecular flexibility index (Phi) is 15.1. The molecule has 12 heteroatoms. The molecule has 0 saturated heterocycles. The largest absolute Gasteiger partial charge is 0.508 e. The van der Waals surface area contributed by atoms with Gasteiger partial charge in [-0.25, -0.2) is 0 Å². The minimum absolute atomic E-state index is 0.0709. The lowest BCUT2D eigenvalue weighted by Gasteiger charge is -2.27. The maximum absolute atomic E-state index is 14.1. The van der Waals surface area contributed by atoms with Gasteiger partial charge in [0.1, 0.15) is 23.9 Å². The second-order valence-electron chi connectivity index (χ2n) is 12.3. The zero-order chi connectivity index (χ0) is 36.6. The average Bonchev–Trinajstić information content (AvgIpc) is 3.15. The Labute approximate surface area is 303 Å². The minimum atomic E-state index is -1.13. The molecule has 0 spiro atoms. The van der Waals surface area contributed by atoms with Crippen LogP contribution in [0, 0.1) is 0 Å². The summed E-state index contributed by atoms with van der Waals surface area (Å²) in [5.74, 6) is -2.13. The lowest BCUT2D eigenvalue weighted by Crippen LogP contribution is -2.59. The van der Waals surface area contributed by atoms with Crippen LogP contribution in [0.15, 0.2) is 115 Å². The number of thiol groups is 1. The first-order valence-corrected chi connectivity index (χ1v) is 17.4. The van der Waals surface area contributed by atoms with Gasteiger partial charge in [0.2, 0.25) is 23.6 Å². The van der Waals surface area contributed by atoms with E-state index in [-0.39, 0.29) is 43.8 Å². The van der Waals surface area contributed by atoms with Crippen molar-refractivity contribution in [2.45, 2.75) is 55.9 Å². The first-order valence-electron chi connectivity index (χ1n) is 16.7. The molecule has 0 aliphatic heterocycles. The van der Waals surface area contributed by atoms with Crippen LogP contribution in [0.3, 0.4) is 0 Å². The van der Waals surface area contributed by atoms with Crippen molar-refractivity contribution in [2.75, 3.05) is 12.4 Å². The van der Waals surface area contributed by atoms with Crippen molar-refractivity contribution in [3.63, 3.8) is 0 Å². The standard InChI is InChI=1S/C39H45N5O6S/c40-32(25-51)36(47)42-34(22-27-12-6-2-7-13-27)38(49)44-35(23-28-14-8-3-9-15-28)39(50)43-33(21-26-10-4-1-5-11-26)37(48)41-30(24-45)20-29-16-18-31(46)19-17-29/h1-19,30,32-35,45-46,51H,20-25,40H2,(H,41,48)(H,42,47)(H,43,50)(H,44,49)/t30-,32-,33-,34-,35-/m0/s1. The van der Waals surface area contributed by atoms with E-state index in [1.807, 2.05) is 91.0 Å². The Morgan fingerprint density at radius 3 is 1.25 bits per heavy atom. The van der Waals surface area contributed by atoms with Crippen LogP contribution in [0.2, 0.25) is 0 Å². The van der Waals surface area contributed by atoms with Crippen molar-refractivity contribution >= 4 is 36.3 Å². The highest BCUT2D eigenvalue weighted by atomic mass is 32.1. The highest BCUT2D eigenvalue weighted by Gasteiger charge is 2.31. The normalized spacial score (nSPS) is 13.9. The predicted molar refractivity (Wildman–Crippen MR) is 199 cm³/mol. The number of phenolic OH excluding ortho intramolecular Hbond substituents is 1. The maximum Gasteiger partial charge on any atom is 0.243 e. The van der Waals surface area contributed by atoms with Crippen LogP contribution in [-0.2, 0) is 44.9 Å². The number of amides is 4. The molecular formula is C39H45N5O6S. The molecule has 0 aliphatic rings. The molecule has 0 saturated carbocycles. The third kappa shape index (κ3) is 12.6. The molecule has 4 aromatic carbocycles. The van der Waals surface area contributed by atoms with Crippen molar-refractivity contribution in [3.05, 3.63) is 138 Å². The van der Waals surface area contributed by atoms with Crippen molar-refractivity contribution in [1.82, 2.24) is 21.3 Å². The van der Waals surface area contributed by atoms with Gasteiger partial charge in [0.05, 0.1) is 18.7 Å². The van der Waals surface area contributed by atoms with Crippen LogP contribution in [-0.4, -0.2) is 76.4 Å². The summed E-state index contributed by atoms with van der Waals surface area (Å²) in [7, 11) is 0. The van der Waals surface area contributed by atoms with E-state index in [0.29, 0.717) is 0 Å². The molecule has 11 nitrogen and oxygen atoms in total. The molecule has 4 aromatic rings. The average molecular weight is 712 g/mol. The van der Waals surface area contributed by atoms with E-state index in [1.54, 1.807) is 12.1 Å². The van der Waals surface area contributed by atoms with Crippen molar-refractivity contribution < 1.29 is 29.4 Å². The molecule has 0 unspecified atom stereocenters. The van der Waals surface area contributed by atoms with Crippen LogP contribution in [0.1, 0.15) is 22.3 Å². The number of nitrogens with two attached hydrogens (primary N) is 1. The summed E-state index contributed by atoms with van der Waals surface area (Å²) < 4.78 is 0. The number of rotatable bonds is 18. The van der Waals surface area contributed by atoms with Crippen LogP contribution in [0.5, 0.6) is 5.75 Å². The van der Waals surface area contributed by atoms with Gasteiger partial charge in [-0.1, -0.05) is 103 Å². The van der Waals surface area contributed by atoms with Gasteiger partial charge in [0.15, 0.2) is 0 Å². The summed E-state index contributed by atoms with van der Waals surface area (Å²) >= 11 is 4.11. The molecule has 0 fully saturated rings. The van der Waals surface area contributed by atoms with Crippen LogP contribution in [0.4, 0.5) is 0 Å². The number of carbonyl (C=O) groups is 4. The molecule has 0 bridgehead atoms. The first kappa shape index (κ1) is 38.6.